The lowest BCUT2D eigenvalue weighted by Crippen LogP contribution is -2.47. The van der Waals surface area contributed by atoms with Gasteiger partial charge >= 0.3 is 0 Å². The van der Waals surface area contributed by atoms with E-state index in [-0.39, 0.29) is 6.61 Å². The van der Waals surface area contributed by atoms with E-state index in [2.05, 4.69) is 50.2 Å². The fraction of sp³-hybridized carbons (Fsp3) is 0.348. The van der Waals surface area contributed by atoms with Crippen molar-refractivity contribution >= 4 is 11.5 Å². The van der Waals surface area contributed by atoms with Crippen LogP contribution in [-0.4, -0.2) is 69.8 Å². The molecule has 1 N–H and O–H groups in total. The lowest BCUT2D eigenvalue weighted by atomic mass is 9.96. The Kier molecular flexibility index (Phi) is 5.06. The van der Waals surface area contributed by atoms with Crippen LogP contribution >= 0.6 is 0 Å². The molecule has 1 aromatic carbocycles. The van der Waals surface area contributed by atoms with Crippen LogP contribution in [0.1, 0.15) is 16.7 Å². The summed E-state index contributed by atoms with van der Waals surface area (Å²) in [6.45, 7) is 5.42. The first-order valence-corrected chi connectivity index (χ1v) is 10.4. The Morgan fingerprint density at radius 2 is 1.87 bits per heavy atom. The molecule has 7 heteroatoms. The minimum absolute atomic E-state index is 0.216. The number of hydrogen-bond acceptors (Lipinski definition) is 6. The van der Waals surface area contributed by atoms with E-state index >= 15 is 0 Å². The Hall–Kier alpha value is -3.03. The number of aliphatic imine (C=N–C) groups is 1. The zero-order chi connectivity index (χ0) is 20.5. The molecule has 5 rings (SSSR count). The van der Waals surface area contributed by atoms with Gasteiger partial charge in [-0.05, 0) is 29.3 Å². The number of aryl methyl sites for hydroxylation is 1. The van der Waals surface area contributed by atoms with Gasteiger partial charge in [-0.15, -0.1) is 0 Å². The molecule has 0 unspecified atom stereocenters. The Balaban J connectivity index is 1.40. The van der Waals surface area contributed by atoms with Crippen molar-refractivity contribution in [3.63, 3.8) is 0 Å². The lowest BCUT2D eigenvalue weighted by Gasteiger charge is -2.35. The van der Waals surface area contributed by atoms with Gasteiger partial charge in [0.25, 0.3) is 0 Å². The summed E-state index contributed by atoms with van der Waals surface area (Å²) in [6.07, 6.45) is 5.82. The van der Waals surface area contributed by atoms with Gasteiger partial charge in [-0.3, -0.25) is 14.6 Å². The zero-order valence-electron chi connectivity index (χ0n) is 17.2. The second kappa shape index (κ2) is 8.01. The van der Waals surface area contributed by atoms with Gasteiger partial charge in [-0.2, -0.15) is 5.10 Å². The van der Waals surface area contributed by atoms with E-state index in [9.17, 15) is 0 Å². The van der Waals surface area contributed by atoms with Crippen molar-refractivity contribution in [2.45, 2.75) is 6.54 Å². The molecule has 0 radical (unpaired) electrons. The minimum Gasteiger partial charge on any atom is -0.395 e. The number of fused-ring (bicyclic) bond motifs is 1. The normalized spacial score (nSPS) is 16.6. The van der Waals surface area contributed by atoms with Crippen molar-refractivity contribution in [3.05, 3.63) is 65.6 Å². The van der Waals surface area contributed by atoms with Gasteiger partial charge in [0, 0.05) is 68.9 Å². The molecular weight excluding hydrogens is 376 g/mol. The molecule has 2 aromatic heterocycles. The molecule has 0 aliphatic carbocycles. The van der Waals surface area contributed by atoms with Crippen molar-refractivity contribution in [1.82, 2.24) is 19.7 Å². The average Bonchev–Trinajstić information content (AvgIpc) is 3.40. The Bertz CT molecular complexity index is 1080. The molecule has 1 fully saturated rings. The lowest BCUT2D eigenvalue weighted by molar-refractivity contribution is 0.188. The predicted molar refractivity (Wildman–Crippen MR) is 118 cm³/mol. The van der Waals surface area contributed by atoms with E-state index in [1.165, 1.54) is 11.1 Å². The maximum absolute atomic E-state index is 9.15. The monoisotopic (exact) mass is 402 g/mol. The van der Waals surface area contributed by atoms with E-state index in [1.54, 1.807) is 0 Å². The van der Waals surface area contributed by atoms with E-state index in [4.69, 9.17) is 10.1 Å². The molecule has 7 nitrogen and oxygen atoms in total. The molecule has 4 heterocycles. The summed E-state index contributed by atoms with van der Waals surface area (Å²) in [5, 5.41) is 13.4. The van der Waals surface area contributed by atoms with Crippen LogP contribution in [-0.2, 0) is 13.6 Å². The van der Waals surface area contributed by atoms with Crippen molar-refractivity contribution in [3.8, 4) is 11.1 Å². The van der Waals surface area contributed by atoms with E-state index in [1.807, 2.05) is 30.3 Å². The summed E-state index contributed by atoms with van der Waals surface area (Å²) >= 11 is 0. The van der Waals surface area contributed by atoms with Gasteiger partial charge in [-0.25, -0.2) is 4.98 Å². The van der Waals surface area contributed by atoms with Crippen molar-refractivity contribution in [2.75, 3.05) is 44.2 Å². The van der Waals surface area contributed by atoms with Gasteiger partial charge in [0.2, 0.25) is 0 Å². The van der Waals surface area contributed by atoms with Crippen molar-refractivity contribution in [1.29, 1.82) is 0 Å². The molecule has 0 saturated carbocycles. The number of pyridine rings is 1. The van der Waals surface area contributed by atoms with Gasteiger partial charge in [0.05, 0.1) is 25.1 Å². The first kappa shape index (κ1) is 19.0. The summed E-state index contributed by atoms with van der Waals surface area (Å²) in [4.78, 5) is 14.1. The maximum atomic E-state index is 9.15. The Labute approximate surface area is 176 Å². The molecule has 2 aliphatic rings. The van der Waals surface area contributed by atoms with Crippen molar-refractivity contribution < 1.29 is 5.11 Å². The summed E-state index contributed by atoms with van der Waals surface area (Å²) in [7, 11) is 1.94. The van der Waals surface area contributed by atoms with Crippen LogP contribution in [0.2, 0.25) is 0 Å². The van der Waals surface area contributed by atoms with Gasteiger partial charge in [0.15, 0.2) is 0 Å². The first-order valence-electron chi connectivity index (χ1n) is 10.4. The number of aromatic nitrogens is 3. The largest absolute Gasteiger partial charge is 0.395 e. The fourth-order valence-corrected chi connectivity index (χ4v) is 4.26. The number of aliphatic hydroxyl groups excluding tert-OH is 1. The molecule has 0 spiro atoms. The fourth-order valence-electron chi connectivity index (χ4n) is 4.26. The minimum atomic E-state index is 0.216. The Morgan fingerprint density at radius 3 is 2.63 bits per heavy atom. The SMILES string of the molecule is Cn1cc(-c2ccc3c(c2)C(c2ccnc(N4CCN(CCO)CC4)c2)=NC3)cn1. The molecule has 1 saturated heterocycles. The number of piperazine rings is 1. The number of nitrogens with zero attached hydrogens (tertiary/aromatic N) is 6. The predicted octanol–water partition coefficient (Wildman–Crippen LogP) is 1.95. The highest BCUT2D eigenvalue weighted by Crippen LogP contribution is 2.29. The highest BCUT2D eigenvalue weighted by molar-refractivity contribution is 6.15. The summed E-state index contributed by atoms with van der Waals surface area (Å²) < 4.78 is 1.83. The van der Waals surface area contributed by atoms with Crippen LogP contribution in [0.15, 0.2) is 53.9 Å². The van der Waals surface area contributed by atoms with Crippen molar-refractivity contribution in [2.24, 2.45) is 12.0 Å². The number of β-amino-alcohol motifs (C(OH)–C–C–N with tert-alkyl or cyclic N) is 1. The average molecular weight is 403 g/mol. The number of hydrogen-bond donors (Lipinski definition) is 1. The number of benzene rings is 1. The number of aliphatic hydroxyl groups is 1. The van der Waals surface area contributed by atoms with Crippen LogP contribution < -0.4 is 4.90 Å². The zero-order valence-corrected chi connectivity index (χ0v) is 17.2. The standard InChI is InChI=1S/C23H26N6O/c1-27-16-20(15-26-27)17-2-3-19-14-25-23(21(19)12-17)18-4-5-24-22(13-18)29-8-6-28(7-9-29)10-11-30/h2-5,12-13,15-16,30H,6-11,14H2,1H3. The second-order valence-electron chi connectivity index (χ2n) is 7.89. The highest BCUT2D eigenvalue weighted by atomic mass is 16.3. The number of anilines is 1. The topological polar surface area (TPSA) is 69.8 Å². The molecule has 0 bridgehead atoms. The molecular formula is C23H26N6O. The first-order chi connectivity index (χ1) is 14.7. The van der Waals surface area contributed by atoms with Crippen LogP contribution in [0.5, 0.6) is 0 Å². The van der Waals surface area contributed by atoms with E-state index in [0.717, 1.165) is 67.5 Å². The molecule has 0 amide bonds. The molecule has 3 aromatic rings. The quantitative estimate of drug-likeness (QED) is 0.706. The third-order valence-corrected chi connectivity index (χ3v) is 5.94. The molecule has 0 atom stereocenters. The number of rotatable bonds is 5. The Morgan fingerprint density at radius 1 is 1.00 bits per heavy atom. The van der Waals surface area contributed by atoms with Gasteiger partial charge in [-0.1, -0.05) is 12.1 Å². The summed E-state index contributed by atoms with van der Waals surface area (Å²) in [6, 6.07) is 10.8. The maximum Gasteiger partial charge on any atom is 0.129 e. The van der Waals surface area contributed by atoms with Crippen LogP contribution in [0, 0.1) is 0 Å². The summed E-state index contributed by atoms with van der Waals surface area (Å²) in [5.74, 6) is 0.996. The molecule has 2 aliphatic heterocycles. The molecule has 154 valence electrons. The smallest absolute Gasteiger partial charge is 0.129 e. The van der Waals surface area contributed by atoms with E-state index in [0.29, 0.717) is 0 Å². The highest BCUT2D eigenvalue weighted by Gasteiger charge is 2.21. The summed E-state index contributed by atoms with van der Waals surface area (Å²) in [5.41, 5.74) is 6.88. The van der Waals surface area contributed by atoms with Gasteiger partial charge < -0.3 is 10.0 Å². The third kappa shape index (κ3) is 3.62. The van der Waals surface area contributed by atoms with Crippen LogP contribution in [0.3, 0.4) is 0 Å². The third-order valence-electron chi connectivity index (χ3n) is 5.94. The second-order valence-corrected chi connectivity index (χ2v) is 7.89. The van der Waals surface area contributed by atoms with Crippen LogP contribution in [0.4, 0.5) is 5.82 Å². The van der Waals surface area contributed by atoms with E-state index < -0.39 is 0 Å². The molecule has 30 heavy (non-hydrogen) atoms. The van der Waals surface area contributed by atoms with Crippen LogP contribution in [0.25, 0.3) is 11.1 Å². The van der Waals surface area contributed by atoms with Gasteiger partial charge in [0.1, 0.15) is 5.82 Å².